The summed E-state index contributed by atoms with van der Waals surface area (Å²) in [7, 11) is 0. The smallest absolute Gasteiger partial charge is 0.131 e. The Hall–Kier alpha value is -1.09. The van der Waals surface area contributed by atoms with Gasteiger partial charge < -0.3 is 10.1 Å². The van der Waals surface area contributed by atoms with E-state index < -0.39 is 0 Å². The average molecular weight is 293 g/mol. The molecule has 1 aliphatic rings. The second kappa shape index (κ2) is 7.79. The first kappa shape index (κ1) is 16.3. The number of hydrogen-bond donors (Lipinski definition) is 1. The number of rotatable bonds is 6. The first-order valence-corrected chi connectivity index (χ1v) is 8.29. The number of halogens is 1. The molecular weight excluding hydrogens is 265 g/mol. The van der Waals surface area contributed by atoms with Gasteiger partial charge in [-0.1, -0.05) is 26.3 Å². The van der Waals surface area contributed by atoms with Gasteiger partial charge in [0.15, 0.2) is 0 Å². The van der Waals surface area contributed by atoms with Gasteiger partial charge in [-0.3, -0.25) is 0 Å². The number of benzene rings is 1. The minimum atomic E-state index is -0.174. The zero-order valence-electron chi connectivity index (χ0n) is 13.5. The molecule has 0 aliphatic heterocycles. The summed E-state index contributed by atoms with van der Waals surface area (Å²) in [5.41, 5.74) is 0.716. The monoisotopic (exact) mass is 293 g/mol. The lowest BCUT2D eigenvalue weighted by molar-refractivity contribution is 0.129. The van der Waals surface area contributed by atoms with Crippen LogP contribution in [-0.4, -0.2) is 12.6 Å². The summed E-state index contributed by atoms with van der Waals surface area (Å²) in [6, 6.07) is 5.33. The third kappa shape index (κ3) is 4.70. The van der Waals surface area contributed by atoms with Crippen LogP contribution in [0.25, 0.3) is 0 Å². The molecule has 2 rings (SSSR count). The lowest BCUT2D eigenvalue weighted by Gasteiger charge is -2.27. The van der Waals surface area contributed by atoms with E-state index in [-0.39, 0.29) is 18.0 Å². The Kier molecular flexibility index (Phi) is 6.04. The molecule has 118 valence electrons. The highest BCUT2D eigenvalue weighted by Crippen LogP contribution is 2.29. The SMILES string of the molecule is CCCNC(C)c1ccc(OC2CCCC(C)C2)cc1F. The van der Waals surface area contributed by atoms with Gasteiger partial charge in [0.1, 0.15) is 11.6 Å². The quantitative estimate of drug-likeness (QED) is 0.810. The molecule has 0 bridgehead atoms. The highest BCUT2D eigenvalue weighted by atomic mass is 19.1. The molecule has 1 aromatic rings. The molecule has 1 aromatic carbocycles. The molecule has 2 nitrogen and oxygen atoms in total. The predicted molar refractivity (Wildman–Crippen MR) is 85.2 cm³/mol. The van der Waals surface area contributed by atoms with Crippen LogP contribution in [0.15, 0.2) is 18.2 Å². The van der Waals surface area contributed by atoms with Crippen molar-refractivity contribution in [2.75, 3.05) is 6.54 Å². The number of nitrogens with one attached hydrogen (secondary N) is 1. The van der Waals surface area contributed by atoms with Gasteiger partial charge in [0.05, 0.1) is 6.10 Å². The van der Waals surface area contributed by atoms with Crippen molar-refractivity contribution in [2.45, 2.75) is 65.0 Å². The molecule has 21 heavy (non-hydrogen) atoms. The fourth-order valence-electron chi connectivity index (χ4n) is 3.08. The van der Waals surface area contributed by atoms with Crippen LogP contribution < -0.4 is 10.1 Å². The van der Waals surface area contributed by atoms with Gasteiger partial charge in [-0.15, -0.1) is 0 Å². The van der Waals surface area contributed by atoms with Gasteiger partial charge in [-0.2, -0.15) is 0 Å². The Morgan fingerprint density at radius 1 is 1.38 bits per heavy atom. The van der Waals surface area contributed by atoms with E-state index >= 15 is 0 Å². The van der Waals surface area contributed by atoms with Crippen molar-refractivity contribution in [1.29, 1.82) is 0 Å². The second-order valence-corrected chi connectivity index (χ2v) is 6.37. The zero-order valence-corrected chi connectivity index (χ0v) is 13.5. The van der Waals surface area contributed by atoms with Crippen LogP contribution in [-0.2, 0) is 0 Å². The van der Waals surface area contributed by atoms with Crippen molar-refractivity contribution >= 4 is 0 Å². The van der Waals surface area contributed by atoms with Crippen molar-refractivity contribution in [3.63, 3.8) is 0 Å². The Morgan fingerprint density at radius 3 is 2.86 bits per heavy atom. The molecule has 1 saturated carbocycles. The number of ether oxygens (including phenoxy) is 1. The van der Waals surface area contributed by atoms with Crippen LogP contribution in [0, 0.1) is 11.7 Å². The Labute approximate surface area is 128 Å². The topological polar surface area (TPSA) is 21.3 Å². The highest BCUT2D eigenvalue weighted by molar-refractivity contribution is 5.30. The van der Waals surface area contributed by atoms with Gasteiger partial charge in [-0.25, -0.2) is 4.39 Å². The van der Waals surface area contributed by atoms with Crippen molar-refractivity contribution in [1.82, 2.24) is 5.32 Å². The summed E-state index contributed by atoms with van der Waals surface area (Å²) in [5, 5.41) is 3.32. The first-order valence-electron chi connectivity index (χ1n) is 8.29. The molecule has 3 atom stereocenters. The zero-order chi connectivity index (χ0) is 15.2. The summed E-state index contributed by atoms with van der Waals surface area (Å²) in [6.45, 7) is 7.27. The summed E-state index contributed by atoms with van der Waals surface area (Å²) < 4.78 is 20.2. The minimum Gasteiger partial charge on any atom is -0.490 e. The lowest BCUT2D eigenvalue weighted by atomic mass is 9.89. The summed E-state index contributed by atoms with van der Waals surface area (Å²) in [6.07, 6.45) is 5.96. The summed E-state index contributed by atoms with van der Waals surface area (Å²) in [5.74, 6) is 1.21. The maximum atomic E-state index is 14.2. The lowest BCUT2D eigenvalue weighted by Crippen LogP contribution is -2.24. The molecule has 0 heterocycles. The van der Waals surface area contributed by atoms with Crippen molar-refractivity contribution in [3.8, 4) is 5.75 Å². The van der Waals surface area contributed by atoms with E-state index in [2.05, 4.69) is 19.2 Å². The van der Waals surface area contributed by atoms with E-state index in [1.54, 1.807) is 6.07 Å². The molecule has 0 saturated heterocycles. The minimum absolute atomic E-state index is 0.0358. The summed E-state index contributed by atoms with van der Waals surface area (Å²) >= 11 is 0. The fraction of sp³-hybridized carbons (Fsp3) is 0.667. The van der Waals surface area contributed by atoms with Crippen molar-refractivity contribution < 1.29 is 9.13 Å². The molecule has 0 radical (unpaired) electrons. The van der Waals surface area contributed by atoms with E-state index in [0.29, 0.717) is 17.2 Å². The number of hydrogen-bond acceptors (Lipinski definition) is 2. The van der Waals surface area contributed by atoms with E-state index in [4.69, 9.17) is 4.74 Å². The van der Waals surface area contributed by atoms with Crippen LogP contribution in [0.4, 0.5) is 4.39 Å². The van der Waals surface area contributed by atoms with Gasteiger partial charge in [0.25, 0.3) is 0 Å². The van der Waals surface area contributed by atoms with Gasteiger partial charge in [-0.05, 0) is 51.1 Å². The molecule has 0 aromatic heterocycles. The first-order chi connectivity index (χ1) is 10.1. The largest absolute Gasteiger partial charge is 0.490 e. The predicted octanol–water partition coefficient (Wildman–Crippen LogP) is 4.84. The summed E-state index contributed by atoms with van der Waals surface area (Å²) in [4.78, 5) is 0. The van der Waals surface area contributed by atoms with E-state index in [9.17, 15) is 4.39 Å². The maximum Gasteiger partial charge on any atom is 0.131 e. The molecule has 1 aliphatic carbocycles. The molecular formula is C18H28FNO. The standard InChI is InChI=1S/C18H28FNO/c1-4-10-20-14(3)17-9-8-16(12-18(17)19)21-15-7-5-6-13(2)11-15/h8-9,12-15,20H,4-7,10-11H2,1-3H3. The van der Waals surface area contributed by atoms with Crippen molar-refractivity contribution in [3.05, 3.63) is 29.6 Å². The van der Waals surface area contributed by atoms with E-state index in [1.165, 1.54) is 12.8 Å². The maximum absolute atomic E-state index is 14.2. The van der Waals surface area contributed by atoms with Crippen LogP contribution in [0.1, 0.15) is 64.5 Å². The van der Waals surface area contributed by atoms with Gasteiger partial charge in [0.2, 0.25) is 0 Å². The Bertz CT molecular complexity index is 449. The molecule has 3 unspecified atom stereocenters. The Morgan fingerprint density at radius 2 is 2.19 bits per heavy atom. The molecule has 1 N–H and O–H groups in total. The van der Waals surface area contributed by atoms with E-state index in [1.807, 2.05) is 19.1 Å². The molecule has 1 fully saturated rings. The van der Waals surface area contributed by atoms with Gasteiger partial charge >= 0.3 is 0 Å². The van der Waals surface area contributed by atoms with Crippen LogP contribution in [0.3, 0.4) is 0 Å². The van der Waals surface area contributed by atoms with E-state index in [0.717, 1.165) is 25.8 Å². The third-order valence-corrected chi connectivity index (χ3v) is 4.33. The van der Waals surface area contributed by atoms with Gasteiger partial charge in [0, 0.05) is 17.7 Å². The normalized spacial score (nSPS) is 23.8. The molecule has 0 amide bonds. The third-order valence-electron chi connectivity index (χ3n) is 4.33. The molecule has 3 heteroatoms. The second-order valence-electron chi connectivity index (χ2n) is 6.37. The molecule has 0 spiro atoms. The highest BCUT2D eigenvalue weighted by Gasteiger charge is 2.20. The van der Waals surface area contributed by atoms with Crippen LogP contribution in [0.5, 0.6) is 5.75 Å². The van der Waals surface area contributed by atoms with Crippen molar-refractivity contribution in [2.24, 2.45) is 5.92 Å². The fourth-order valence-corrected chi connectivity index (χ4v) is 3.08. The van der Waals surface area contributed by atoms with Crippen LogP contribution >= 0.6 is 0 Å². The van der Waals surface area contributed by atoms with Crippen LogP contribution in [0.2, 0.25) is 0 Å². The average Bonchev–Trinajstić information content (AvgIpc) is 2.45. The Balaban J connectivity index is 1.98.